The van der Waals surface area contributed by atoms with Crippen LogP contribution in [0.1, 0.15) is 49.3 Å². The number of hydrogen-bond donors (Lipinski definition) is 1. The van der Waals surface area contributed by atoms with Crippen LogP contribution in [0.25, 0.3) is 0 Å². The number of anilines is 1. The van der Waals surface area contributed by atoms with Gasteiger partial charge in [-0.2, -0.15) is 0 Å². The summed E-state index contributed by atoms with van der Waals surface area (Å²) in [5, 5.41) is 2.98. The average molecular weight is 323 g/mol. The third-order valence-corrected chi connectivity index (χ3v) is 4.82. The lowest BCUT2D eigenvalue weighted by Gasteiger charge is -2.16. The van der Waals surface area contributed by atoms with Crippen LogP contribution in [0, 0.1) is 0 Å². The van der Waals surface area contributed by atoms with E-state index in [0.717, 1.165) is 30.7 Å². The molecule has 2 aromatic rings. The average Bonchev–Trinajstić information content (AvgIpc) is 3.07. The largest absolute Gasteiger partial charge is 0.484 e. The maximum atomic E-state index is 12.2. The first kappa shape index (κ1) is 16.6. The number of para-hydroxylation sites is 1. The number of ether oxygens (including phenoxy) is 1. The van der Waals surface area contributed by atoms with Gasteiger partial charge in [-0.3, -0.25) is 4.79 Å². The Balaban J connectivity index is 1.60. The van der Waals surface area contributed by atoms with Gasteiger partial charge in [-0.15, -0.1) is 0 Å². The quantitative estimate of drug-likeness (QED) is 0.836. The van der Waals surface area contributed by atoms with E-state index in [1.807, 2.05) is 24.3 Å². The number of benzene rings is 2. The van der Waals surface area contributed by atoms with E-state index in [4.69, 9.17) is 4.74 Å². The van der Waals surface area contributed by atoms with Crippen molar-refractivity contribution in [3.05, 3.63) is 59.2 Å². The highest BCUT2D eigenvalue weighted by Crippen LogP contribution is 2.27. The van der Waals surface area contributed by atoms with Gasteiger partial charge in [0.2, 0.25) is 0 Å². The standard InChI is InChI=1S/C21H25NO2/c1-3-15(2)19-9-4-5-10-20(19)22-21(23)14-24-18-12-11-16-7-6-8-17(16)13-18/h4-5,9-13,15H,3,6-8,14H2,1-2H3,(H,22,23)/t15-/m1/s1. The summed E-state index contributed by atoms with van der Waals surface area (Å²) in [6.07, 6.45) is 4.52. The molecule has 0 unspecified atom stereocenters. The summed E-state index contributed by atoms with van der Waals surface area (Å²) in [6, 6.07) is 14.1. The molecule has 0 saturated heterocycles. The van der Waals surface area contributed by atoms with Crippen molar-refractivity contribution in [1.29, 1.82) is 0 Å². The van der Waals surface area contributed by atoms with E-state index in [0.29, 0.717) is 5.92 Å². The monoisotopic (exact) mass is 323 g/mol. The van der Waals surface area contributed by atoms with Gasteiger partial charge in [0.15, 0.2) is 6.61 Å². The zero-order valence-electron chi connectivity index (χ0n) is 14.5. The lowest BCUT2D eigenvalue weighted by atomic mass is 9.97. The van der Waals surface area contributed by atoms with Crippen LogP contribution in [0.5, 0.6) is 5.75 Å². The van der Waals surface area contributed by atoms with Crippen molar-refractivity contribution in [1.82, 2.24) is 0 Å². The van der Waals surface area contributed by atoms with Crippen molar-refractivity contribution in [2.45, 2.75) is 45.4 Å². The third-order valence-electron chi connectivity index (χ3n) is 4.82. The lowest BCUT2D eigenvalue weighted by Crippen LogP contribution is -2.21. The normalized spacial score (nSPS) is 14.1. The van der Waals surface area contributed by atoms with Crippen LogP contribution in [0.15, 0.2) is 42.5 Å². The van der Waals surface area contributed by atoms with E-state index in [-0.39, 0.29) is 12.5 Å². The molecule has 3 nitrogen and oxygen atoms in total. The molecule has 0 fully saturated rings. The molecule has 0 heterocycles. The number of carbonyl (C=O) groups excluding carboxylic acids is 1. The van der Waals surface area contributed by atoms with E-state index in [1.54, 1.807) is 0 Å². The number of aryl methyl sites for hydroxylation is 2. The zero-order valence-corrected chi connectivity index (χ0v) is 14.5. The van der Waals surface area contributed by atoms with Gasteiger partial charge in [-0.05, 0) is 66.5 Å². The number of fused-ring (bicyclic) bond motifs is 1. The number of nitrogens with one attached hydrogen (secondary N) is 1. The van der Waals surface area contributed by atoms with Gasteiger partial charge >= 0.3 is 0 Å². The molecule has 0 radical (unpaired) electrons. The Bertz CT molecular complexity index is 724. The number of hydrogen-bond acceptors (Lipinski definition) is 2. The molecular formula is C21H25NO2. The van der Waals surface area contributed by atoms with Crippen LogP contribution < -0.4 is 10.1 Å². The maximum absolute atomic E-state index is 12.2. The van der Waals surface area contributed by atoms with Gasteiger partial charge < -0.3 is 10.1 Å². The smallest absolute Gasteiger partial charge is 0.262 e. The molecule has 1 aliphatic rings. The maximum Gasteiger partial charge on any atom is 0.262 e. The molecule has 0 aromatic heterocycles. The van der Waals surface area contributed by atoms with Gasteiger partial charge in [0, 0.05) is 5.69 Å². The molecular weight excluding hydrogens is 298 g/mol. The molecule has 3 heteroatoms. The highest BCUT2D eigenvalue weighted by atomic mass is 16.5. The minimum absolute atomic E-state index is 0.0353. The molecule has 0 saturated carbocycles. The second-order valence-electron chi connectivity index (χ2n) is 6.52. The van der Waals surface area contributed by atoms with Crippen molar-refractivity contribution in [2.24, 2.45) is 0 Å². The Kier molecular flexibility index (Phi) is 5.19. The summed E-state index contributed by atoms with van der Waals surface area (Å²) in [6.45, 7) is 4.36. The van der Waals surface area contributed by atoms with Gasteiger partial charge in [0.25, 0.3) is 5.91 Å². The topological polar surface area (TPSA) is 38.3 Å². The van der Waals surface area contributed by atoms with Crippen LogP contribution in [0.3, 0.4) is 0 Å². The van der Waals surface area contributed by atoms with E-state index >= 15 is 0 Å². The Morgan fingerprint density at radius 2 is 1.96 bits per heavy atom. The first-order valence-corrected chi connectivity index (χ1v) is 8.80. The molecule has 1 amide bonds. The molecule has 0 spiro atoms. The second-order valence-corrected chi connectivity index (χ2v) is 6.52. The fourth-order valence-electron chi connectivity index (χ4n) is 3.23. The summed E-state index contributed by atoms with van der Waals surface area (Å²) in [5.74, 6) is 1.08. The zero-order chi connectivity index (χ0) is 16.9. The van der Waals surface area contributed by atoms with E-state index in [9.17, 15) is 4.79 Å². The number of rotatable bonds is 6. The molecule has 1 atom stereocenters. The molecule has 2 aromatic carbocycles. The van der Waals surface area contributed by atoms with Crippen molar-refractivity contribution in [2.75, 3.05) is 11.9 Å². The van der Waals surface area contributed by atoms with Crippen molar-refractivity contribution in [3.8, 4) is 5.75 Å². The Labute approximate surface area is 144 Å². The summed E-state index contributed by atoms with van der Waals surface area (Å²) in [7, 11) is 0. The molecule has 3 rings (SSSR count). The van der Waals surface area contributed by atoms with Crippen molar-refractivity contribution >= 4 is 11.6 Å². The van der Waals surface area contributed by atoms with Gasteiger partial charge in [0.05, 0.1) is 0 Å². The van der Waals surface area contributed by atoms with Crippen LogP contribution in [0.4, 0.5) is 5.69 Å². The SMILES string of the molecule is CC[C@@H](C)c1ccccc1NC(=O)COc1ccc2c(c1)CCC2. The summed E-state index contributed by atoms with van der Waals surface area (Å²) in [5.41, 5.74) is 4.82. The lowest BCUT2D eigenvalue weighted by molar-refractivity contribution is -0.118. The van der Waals surface area contributed by atoms with Crippen LogP contribution in [0.2, 0.25) is 0 Å². The minimum atomic E-state index is -0.119. The number of amides is 1. The Morgan fingerprint density at radius 3 is 2.79 bits per heavy atom. The van der Waals surface area contributed by atoms with E-state index in [2.05, 4.69) is 37.4 Å². The van der Waals surface area contributed by atoms with Gasteiger partial charge in [-0.1, -0.05) is 38.1 Å². The van der Waals surface area contributed by atoms with Crippen molar-refractivity contribution in [3.63, 3.8) is 0 Å². The van der Waals surface area contributed by atoms with E-state index < -0.39 is 0 Å². The van der Waals surface area contributed by atoms with Crippen LogP contribution in [-0.4, -0.2) is 12.5 Å². The molecule has 1 aliphatic carbocycles. The predicted octanol–water partition coefficient (Wildman–Crippen LogP) is 4.71. The summed E-state index contributed by atoms with van der Waals surface area (Å²) >= 11 is 0. The summed E-state index contributed by atoms with van der Waals surface area (Å²) < 4.78 is 5.68. The minimum Gasteiger partial charge on any atom is -0.484 e. The van der Waals surface area contributed by atoms with Crippen LogP contribution >= 0.6 is 0 Å². The first-order chi connectivity index (χ1) is 11.7. The molecule has 126 valence electrons. The Hall–Kier alpha value is -2.29. The second kappa shape index (κ2) is 7.52. The molecule has 0 aliphatic heterocycles. The Morgan fingerprint density at radius 1 is 1.17 bits per heavy atom. The third kappa shape index (κ3) is 3.78. The van der Waals surface area contributed by atoms with E-state index in [1.165, 1.54) is 23.1 Å². The fraction of sp³-hybridized carbons (Fsp3) is 0.381. The summed E-state index contributed by atoms with van der Waals surface area (Å²) in [4.78, 5) is 12.2. The van der Waals surface area contributed by atoms with Crippen molar-refractivity contribution < 1.29 is 9.53 Å². The van der Waals surface area contributed by atoms with Gasteiger partial charge in [-0.25, -0.2) is 0 Å². The van der Waals surface area contributed by atoms with Gasteiger partial charge in [0.1, 0.15) is 5.75 Å². The fourth-order valence-corrected chi connectivity index (χ4v) is 3.23. The first-order valence-electron chi connectivity index (χ1n) is 8.80. The predicted molar refractivity (Wildman–Crippen MR) is 97.7 cm³/mol. The molecule has 0 bridgehead atoms. The molecule has 24 heavy (non-hydrogen) atoms. The van der Waals surface area contributed by atoms with Crippen LogP contribution in [-0.2, 0) is 17.6 Å². The highest BCUT2D eigenvalue weighted by Gasteiger charge is 2.13. The highest BCUT2D eigenvalue weighted by molar-refractivity contribution is 5.92. The number of carbonyl (C=O) groups is 1. The molecule has 1 N–H and O–H groups in total.